The number of thiophene rings is 1. The summed E-state index contributed by atoms with van der Waals surface area (Å²) in [7, 11) is 0. The number of hydrogen-bond donors (Lipinski definition) is 1. The van der Waals surface area contributed by atoms with Crippen molar-refractivity contribution < 1.29 is 9.90 Å². The highest BCUT2D eigenvalue weighted by atomic mass is 32.1. The van der Waals surface area contributed by atoms with Crippen LogP contribution in [0.4, 0.5) is 0 Å². The van der Waals surface area contributed by atoms with Crippen LogP contribution in [0.25, 0.3) is 20.4 Å². The third-order valence-corrected chi connectivity index (χ3v) is 3.71. The van der Waals surface area contributed by atoms with Crippen LogP contribution < -0.4 is 0 Å². The summed E-state index contributed by atoms with van der Waals surface area (Å²) < 4.78 is 1.34. The van der Waals surface area contributed by atoms with E-state index in [0.717, 1.165) is 0 Å². The highest BCUT2D eigenvalue weighted by molar-refractivity contribution is 7.26. The van der Waals surface area contributed by atoms with Gasteiger partial charge in [0, 0.05) is 10.9 Å². The Balaban J connectivity index is 0.000000111. The van der Waals surface area contributed by atoms with Crippen molar-refractivity contribution in [1.82, 2.24) is 4.98 Å². The molecule has 0 aliphatic heterocycles. The van der Waals surface area contributed by atoms with Crippen LogP contribution in [0.5, 0.6) is 5.75 Å². The van der Waals surface area contributed by atoms with Gasteiger partial charge in [0.15, 0.2) is 0 Å². The molecule has 3 heterocycles. The fourth-order valence-electron chi connectivity index (χ4n) is 1.78. The minimum atomic E-state index is 0.125. The fourth-order valence-corrected chi connectivity index (χ4v) is 2.80. The van der Waals surface area contributed by atoms with Crippen LogP contribution in [-0.4, -0.2) is 16.4 Å². The van der Waals surface area contributed by atoms with E-state index in [1.807, 2.05) is 0 Å². The smallest absolute Gasteiger partial charge is 0.150 e. The summed E-state index contributed by atoms with van der Waals surface area (Å²) in [6.45, 7) is 0. The molecule has 4 bridgehead atoms. The van der Waals surface area contributed by atoms with Gasteiger partial charge in [-0.3, -0.25) is 4.79 Å². The van der Waals surface area contributed by atoms with E-state index in [4.69, 9.17) is 5.11 Å². The van der Waals surface area contributed by atoms with E-state index in [2.05, 4.69) is 23.2 Å². The molecule has 88 valence electrons. The van der Waals surface area contributed by atoms with Gasteiger partial charge in [0.1, 0.15) is 16.9 Å². The standard InChI is InChI=1S/C7H3NS.C7H6O2/c1-2-4-6-5(3-1)9-7(4)8-6;8-5-6-2-1-3-7(9)4-6/h1-3H;1-5,9H. The van der Waals surface area contributed by atoms with E-state index in [1.165, 1.54) is 32.6 Å². The Kier molecular flexibility index (Phi) is 2.57. The van der Waals surface area contributed by atoms with Gasteiger partial charge in [0.05, 0.1) is 10.2 Å². The Labute approximate surface area is 107 Å². The molecule has 3 aromatic heterocycles. The molecule has 3 nitrogen and oxygen atoms in total. The number of phenolic OH excluding ortho intramolecular Hbond substituents is 1. The minimum Gasteiger partial charge on any atom is -0.508 e. The molecule has 4 heteroatoms. The number of benzene rings is 2. The first-order valence-corrected chi connectivity index (χ1v) is 6.24. The quantitative estimate of drug-likeness (QED) is 0.529. The lowest BCUT2D eigenvalue weighted by molar-refractivity contribution is 0.112. The average Bonchev–Trinajstić information content (AvgIpc) is 2.88. The van der Waals surface area contributed by atoms with Crippen LogP contribution >= 0.6 is 11.3 Å². The summed E-state index contributed by atoms with van der Waals surface area (Å²) in [6, 6.07) is 12.5. The normalized spacial score (nSPS) is 10.7. The number of aldehydes is 1. The molecule has 0 atom stereocenters. The number of phenols is 1. The zero-order chi connectivity index (χ0) is 12.5. The molecule has 5 aromatic rings. The molecule has 0 fully saturated rings. The van der Waals surface area contributed by atoms with Gasteiger partial charge in [-0.05, 0) is 24.3 Å². The van der Waals surface area contributed by atoms with Crippen molar-refractivity contribution in [3.05, 3.63) is 48.0 Å². The molecule has 0 radical (unpaired) electrons. The molecular formula is C14H9NO2S. The number of aromatic hydroxyl groups is 1. The summed E-state index contributed by atoms with van der Waals surface area (Å²) in [5.41, 5.74) is 1.72. The number of aromatic nitrogens is 1. The highest BCUT2D eigenvalue weighted by Gasteiger charge is 2.12. The first-order chi connectivity index (χ1) is 8.78. The van der Waals surface area contributed by atoms with Gasteiger partial charge in [-0.1, -0.05) is 18.2 Å². The van der Waals surface area contributed by atoms with Crippen molar-refractivity contribution in [3.63, 3.8) is 0 Å². The second-order valence-corrected chi connectivity index (χ2v) is 4.91. The van der Waals surface area contributed by atoms with Gasteiger partial charge >= 0.3 is 0 Å². The van der Waals surface area contributed by atoms with Crippen molar-refractivity contribution in [2.24, 2.45) is 0 Å². The van der Waals surface area contributed by atoms with Gasteiger partial charge in [-0.25, -0.2) is 4.98 Å². The van der Waals surface area contributed by atoms with E-state index in [1.54, 1.807) is 23.5 Å². The summed E-state index contributed by atoms with van der Waals surface area (Å²) in [4.78, 5) is 15.5. The third-order valence-electron chi connectivity index (χ3n) is 2.66. The van der Waals surface area contributed by atoms with Crippen LogP contribution in [0.1, 0.15) is 10.4 Å². The average molecular weight is 255 g/mol. The summed E-state index contributed by atoms with van der Waals surface area (Å²) >= 11 is 1.78. The Morgan fingerprint density at radius 3 is 2.61 bits per heavy atom. The van der Waals surface area contributed by atoms with Crippen LogP contribution in [-0.2, 0) is 0 Å². The van der Waals surface area contributed by atoms with E-state index >= 15 is 0 Å². The first-order valence-electron chi connectivity index (χ1n) is 5.42. The highest BCUT2D eigenvalue weighted by Crippen LogP contribution is 2.37. The van der Waals surface area contributed by atoms with Gasteiger partial charge in [0.25, 0.3) is 0 Å². The number of rotatable bonds is 1. The molecule has 1 N–H and O–H groups in total. The maximum Gasteiger partial charge on any atom is 0.150 e. The first kappa shape index (κ1) is 10.9. The number of carbonyl (C=O) groups is 1. The predicted octanol–water partition coefficient (Wildman–Crippen LogP) is 3.53. The minimum absolute atomic E-state index is 0.125. The molecular weight excluding hydrogens is 246 g/mol. The van der Waals surface area contributed by atoms with Crippen molar-refractivity contribution in [2.45, 2.75) is 0 Å². The van der Waals surface area contributed by atoms with E-state index in [0.29, 0.717) is 11.8 Å². The molecule has 0 aliphatic carbocycles. The largest absolute Gasteiger partial charge is 0.508 e. The van der Waals surface area contributed by atoms with Crippen molar-refractivity contribution in [1.29, 1.82) is 0 Å². The van der Waals surface area contributed by atoms with E-state index < -0.39 is 0 Å². The van der Waals surface area contributed by atoms with Crippen LogP contribution in [0, 0.1) is 0 Å². The Hall–Kier alpha value is -2.20. The topological polar surface area (TPSA) is 50.2 Å². The van der Waals surface area contributed by atoms with Crippen molar-refractivity contribution in [3.8, 4) is 5.75 Å². The third kappa shape index (κ3) is 1.76. The van der Waals surface area contributed by atoms with Crippen LogP contribution in [0.3, 0.4) is 0 Å². The molecule has 0 saturated heterocycles. The number of nitrogens with zero attached hydrogens (tertiary/aromatic N) is 1. The predicted molar refractivity (Wildman–Crippen MR) is 73.0 cm³/mol. The van der Waals surface area contributed by atoms with Crippen LogP contribution in [0.2, 0.25) is 0 Å². The molecule has 2 aromatic carbocycles. The summed E-state index contributed by atoms with van der Waals surface area (Å²) in [5, 5.41) is 10.1. The fraction of sp³-hybridized carbons (Fsp3) is 0. The second-order valence-electron chi connectivity index (χ2n) is 3.88. The Bertz CT molecular complexity index is 762. The second kappa shape index (κ2) is 4.23. The maximum absolute atomic E-state index is 10.0. The zero-order valence-electron chi connectivity index (χ0n) is 9.33. The number of thiazole rings is 1. The van der Waals surface area contributed by atoms with Crippen molar-refractivity contribution >= 4 is 38.1 Å². The van der Waals surface area contributed by atoms with E-state index in [-0.39, 0.29) is 5.75 Å². The number of hydrogen-bond acceptors (Lipinski definition) is 4. The van der Waals surface area contributed by atoms with Crippen molar-refractivity contribution in [2.75, 3.05) is 0 Å². The van der Waals surface area contributed by atoms with Gasteiger partial charge < -0.3 is 5.11 Å². The lowest BCUT2D eigenvalue weighted by Crippen LogP contribution is -1.76. The number of para-hydroxylation sites is 1. The zero-order valence-corrected chi connectivity index (χ0v) is 10.1. The molecule has 18 heavy (non-hydrogen) atoms. The molecule has 0 amide bonds. The molecule has 5 rings (SSSR count). The maximum atomic E-state index is 10.0. The van der Waals surface area contributed by atoms with E-state index in [9.17, 15) is 4.79 Å². The molecule has 0 unspecified atom stereocenters. The molecule has 0 spiro atoms. The molecule has 0 aliphatic rings. The monoisotopic (exact) mass is 255 g/mol. The lowest BCUT2D eigenvalue weighted by Gasteiger charge is -1.92. The Morgan fingerprint density at radius 2 is 2.00 bits per heavy atom. The Morgan fingerprint density at radius 1 is 1.17 bits per heavy atom. The van der Waals surface area contributed by atoms with Gasteiger partial charge in [-0.2, -0.15) is 0 Å². The number of carbonyl (C=O) groups excluding carboxylic acids is 1. The van der Waals surface area contributed by atoms with Gasteiger partial charge in [-0.15, -0.1) is 11.3 Å². The SMILES string of the molecule is O=Cc1cccc(O)c1.c1cc2sc3nc2c3c1. The summed E-state index contributed by atoms with van der Waals surface area (Å²) in [5.74, 6) is 0.125. The molecule has 0 saturated carbocycles. The van der Waals surface area contributed by atoms with Gasteiger partial charge in [0.2, 0.25) is 0 Å². The van der Waals surface area contributed by atoms with Crippen LogP contribution in [0.15, 0.2) is 42.5 Å². The lowest BCUT2D eigenvalue weighted by atomic mass is 10.2. The summed E-state index contributed by atoms with van der Waals surface area (Å²) in [6.07, 6.45) is 0.694.